The van der Waals surface area contributed by atoms with E-state index < -0.39 is 21.7 Å². The molecular formula is C15H24N3O8P2S+. The van der Waals surface area contributed by atoms with Gasteiger partial charge in [-0.05, 0) is 20.8 Å². The van der Waals surface area contributed by atoms with Crippen LogP contribution < -0.4 is 5.73 Å². The number of nitrogen functional groups attached to an aromatic ring is 1. The number of hydrogen-bond acceptors (Lipinski definition) is 8. The predicted molar refractivity (Wildman–Crippen MR) is 107 cm³/mol. The fourth-order valence-electron chi connectivity index (χ4n) is 3.82. The number of nitrogens with zero attached hydrogens (tertiary/aromatic N) is 2. The first-order valence-corrected chi connectivity index (χ1v) is 13.0. The van der Waals surface area contributed by atoms with Gasteiger partial charge in [0.15, 0.2) is 10.2 Å². The molecule has 0 amide bonds. The maximum atomic E-state index is 11.6. The zero-order chi connectivity index (χ0) is 21.8. The van der Waals surface area contributed by atoms with E-state index in [9.17, 15) is 19.1 Å². The molecule has 29 heavy (non-hydrogen) atoms. The summed E-state index contributed by atoms with van der Waals surface area (Å²) in [7, 11) is -10.2. The zero-order valence-electron chi connectivity index (χ0n) is 16.0. The van der Waals surface area contributed by atoms with Gasteiger partial charge in [0, 0.05) is 41.1 Å². The third-order valence-corrected chi connectivity index (χ3v) is 10.8. The minimum atomic E-state index is -5.14. The minimum Gasteiger partial charge on any atom is -0.384 e. The Morgan fingerprint density at radius 1 is 1.38 bits per heavy atom. The third kappa shape index (κ3) is 4.61. The van der Waals surface area contributed by atoms with Gasteiger partial charge in [-0.15, -0.1) is 0 Å². The maximum Gasteiger partial charge on any atom is 0.481 e. The quantitative estimate of drug-likeness (QED) is 0.197. The highest BCUT2D eigenvalue weighted by Gasteiger charge is 2.85. The molecule has 0 spiro atoms. The summed E-state index contributed by atoms with van der Waals surface area (Å²) in [5, 5.41) is 10.3. The second-order valence-corrected chi connectivity index (χ2v) is 12.5. The van der Waals surface area contributed by atoms with Gasteiger partial charge in [0.05, 0.1) is 6.61 Å². The van der Waals surface area contributed by atoms with Crippen LogP contribution in [-0.2, 0) is 35.3 Å². The van der Waals surface area contributed by atoms with Crippen LogP contribution in [0, 0.1) is 6.92 Å². The summed E-state index contributed by atoms with van der Waals surface area (Å²) in [6.45, 7) is 5.28. The van der Waals surface area contributed by atoms with Crippen molar-refractivity contribution in [2.45, 2.75) is 49.7 Å². The van der Waals surface area contributed by atoms with Crippen LogP contribution in [0.1, 0.15) is 31.7 Å². The molecule has 3 heterocycles. The number of hydrogen-bond donors (Lipinski definition) is 5. The number of phosphoric ester groups is 1. The number of aliphatic hydroxyl groups is 1. The van der Waals surface area contributed by atoms with E-state index >= 15 is 0 Å². The Balaban J connectivity index is 1.66. The van der Waals surface area contributed by atoms with Gasteiger partial charge in [0.1, 0.15) is 17.7 Å². The van der Waals surface area contributed by atoms with E-state index in [1.54, 1.807) is 20.0 Å². The van der Waals surface area contributed by atoms with Gasteiger partial charge in [-0.3, -0.25) is 4.52 Å². The molecule has 0 saturated carbocycles. The van der Waals surface area contributed by atoms with Gasteiger partial charge in [0.2, 0.25) is 4.75 Å². The highest BCUT2D eigenvalue weighted by atomic mass is 32.2. The Kier molecular flexibility index (Phi) is 6.08. The summed E-state index contributed by atoms with van der Waals surface area (Å²) in [6.07, 6.45) is 1.91. The summed E-state index contributed by atoms with van der Waals surface area (Å²) >= 11 is 0. The Morgan fingerprint density at radius 3 is 2.59 bits per heavy atom. The number of rotatable bonds is 9. The predicted octanol–water partition coefficient (Wildman–Crippen LogP) is 0.934. The summed E-state index contributed by atoms with van der Waals surface area (Å²) < 4.78 is 30.6. The average molecular weight is 468 g/mol. The van der Waals surface area contributed by atoms with Crippen molar-refractivity contribution in [1.82, 2.24) is 9.97 Å². The molecule has 1 aromatic rings. The molecule has 11 nitrogen and oxygen atoms in total. The smallest absolute Gasteiger partial charge is 0.384 e. The molecule has 14 heteroatoms. The largest absolute Gasteiger partial charge is 0.481 e. The number of aryl methyl sites for hydroxylation is 1. The van der Waals surface area contributed by atoms with Gasteiger partial charge in [-0.1, -0.05) is 0 Å². The third-order valence-electron chi connectivity index (χ3n) is 5.04. The van der Waals surface area contributed by atoms with Gasteiger partial charge in [-0.2, -0.15) is 4.31 Å². The lowest BCUT2D eigenvalue weighted by Gasteiger charge is -2.22. The molecule has 1 fully saturated rings. The lowest BCUT2D eigenvalue weighted by atomic mass is 9.89. The normalized spacial score (nSPS) is 29.1. The number of nitrogens with two attached hydrogens (primary N) is 1. The van der Waals surface area contributed by atoms with Crippen LogP contribution in [0.2, 0.25) is 0 Å². The van der Waals surface area contributed by atoms with E-state index in [1.807, 2.05) is 0 Å². The topological polar surface area (TPSA) is 185 Å². The van der Waals surface area contributed by atoms with Crippen LogP contribution in [0.5, 0.6) is 0 Å². The molecule has 3 rings (SSSR count). The highest BCUT2D eigenvalue weighted by Crippen LogP contribution is 2.68. The summed E-state index contributed by atoms with van der Waals surface area (Å²) in [6, 6.07) is 0. The van der Waals surface area contributed by atoms with Crippen molar-refractivity contribution in [3.8, 4) is 0 Å². The van der Waals surface area contributed by atoms with Crippen molar-refractivity contribution < 1.29 is 37.8 Å². The van der Waals surface area contributed by atoms with Crippen molar-refractivity contribution in [3.05, 3.63) is 28.1 Å². The molecule has 1 saturated heterocycles. The van der Waals surface area contributed by atoms with E-state index in [2.05, 4.69) is 25.7 Å². The maximum absolute atomic E-state index is 11.6. The second-order valence-electron chi connectivity index (χ2n) is 7.12. The highest BCUT2D eigenvalue weighted by molar-refractivity contribution is 8.11. The molecule has 3 unspecified atom stereocenters. The van der Waals surface area contributed by atoms with E-state index in [0.717, 1.165) is 16.0 Å². The lowest BCUT2D eigenvalue weighted by Crippen LogP contribution is -2.31. The molecule has 2 aliphatic rings. The summed E-state index contributed by atoms with van der Waals surface area (Å²) in [4.78, 5) is 35.9. The van der Waals surface area contributed by atoms with Crippen molar-refractivity contribution >= 4 is 32.4 Å². The molecular weight excluding hydrogens is 444 g/mol. The van der Waals surface area contributed by atoms with Crippen LogP contribution in [0.15, 0.2) is 16.7 Å². The van der Waals surface area contributed by atoms with E-state index in [4.69, 9.17) is 15.5 Å². The Labute approximate surface area is 170 Å². The van der Waals surface area contributed by atoms with Crippen LogP contribution in [0.3, 0.4) is 0 Å². The Morgan fingerprint density at radius 2 is 2.03 bits per heavy atom. The molecule has 0 aromatic carbocycles. The van der Waals surface area contributed by atoms with Crippen LogP contribution in [-0.4, -0.2) is 52.5 Å². The summed E-state index contributed by atoms with van der Waals surface area (Å²) in [5.74, 6) is 0.963. The molecule has 6 N–H and O–H groups in total. The Bertz CT molecular complexity index is 951. The average Bonchev–Trinajstić information content (AvgIpc) is 3.02. The number of aromatic nitrogens is 2. The first-order chi connectivity index (χ1) is 13.3. The number of phosphoric acid groups is 2. The fourth-order valence-corrected chi connectivity index (χ4v) is 8.96. The van der Waals surface area contributed by atoms with Gasteiger partial charge in [-0.25, -0.2) is 19.1 Å². The van der Waals surface area contributed by atoms with Crippen molar-refractivity contribution in [2.24, 2.45) is 0 Å². The van der Waals surface area contributed by atoms with Gasteiger partial charge >= 0.3 is 15.6 Å². The standard InChI is InChI=1S/C15H23N3O8P2S/c1-8(19)13-11(6-10-7-17-9(2)18-14(10)16)15(3)12(29(13)15)4-5-25-28(23,24)26-27(20,21)22/h7-8,12,19H,4-6H2,1-3H3,(H4-,16,17,18,20,21,22,23,24)/p+1/t8-,12?,15+,29?/m1/s1. The minimum absolute atomic E-state index is 0.0877. The van der Waals surface area contributed by atoms with E-state index in [1.165, 1.54) is 0 Å². The molecule has 0 radical (unpaired) electrons. The van der Waals surface area contributed by atoms with E-state index in [0.29, 0.717) is 24.5 Å². The van der Waals surface area contributed by atoms with Gasteiger partial charge < -0.3 is 25.5 Å². The van der Waals surface area contributed by atoms with Gasteiger partial charge in [0.25, 0.3) is 0 Å². The van der Waals surface area contributed by atoms with E-state index in [-0.39, 0.29) is 27.5 Å². The molecule has 2 aliphatic heterocycles. The molecule has 0 bridgehead atoms. The SMILES string of the molecule is Cc1ncc(CC2=C([C@@H](C)O)[S+]3C(CCOP(=O)(O)OP(=O)(O)O)[C@]23C)c(N)n1. The van der Waals surface area contributed by atoms with Crippen molar-refractivity contribution in [3.63, 3.8) is 0 Å². The molecule has 1 aromatic heterocycles. The van der Waals surface area contributed by atoms with Crippen molar-refractivity contribution in [1.29, 1.82) is 0 Å². The Hall–Kier alpha value is -0.810. The lowest BCUT2D eigenvalue weighted by molar-refractivity contribution is 0.177. The zero-order valence-corrected chi connectivity index (χ0v) is 18.7. The number of fused-ring (bicyclic) bond motifs is 1. The molecule has 162 valence electrons. The molecule has 0 aliphatic carbocycles. The fraction of sp³-hybridized carbons (Fsp3) is 0.600. The van der Waals surface area contributed by atoms with Crippen LogP contribution in [0.4, 0.5) is 5.82 Å². The first-order valence-electron chi connectivity index (χ1n) is 8.73. The first kappa shape index (κ1) is 22.9. The van der Waals surface area contributed by atoms with Crippen molar-refractivity contribution in [2.75, 3.05) is 12.3 Å². The van der Waals surface area contributed by atoms with Crippen LogP contribution >= 0.6 is 15.6 Å². The second kappa shape index (κ2) is 7.71. The number of anilines is 1. The van der Waals surface area contributed by atoms with Crippen LogP contribution in [0.25, 0.3) is 0 Å². The summed E-state index contributed by atoms with van der Waals surface area (Å²) in [5.41, 5.74) is 7.82. The number of aliphatic hydroxyl groups excluding tert-OH is 1. The molecule has 5 atom stereocenters. The monoisotopic (exact) mass is 468 g/mol.